The fraction of sp³-hybridized carbons (Fsp3) is 0.625. The third kappa shape index (κ3) is 3.32. The van der Waals surface area contributed by atoms with Gasteiger partial charge in [-0.25, -0.2) is 4.39 Å². The third-order valence-corrected chi connectivity index (χ3v) is 4.06. The average Bonchev–Trinajstić information content (AvgIpc) is 2.31. The largest absolute Gasteiger partial charge is 0.311 e. The molecule has 0 spiro atoms. The van der Waals surface area contributed by atoms with Gasteiger partial charge < -0.3 is 5.32 Å². The topological polar surface area (TPSA) is 12.0 Å². The van der Waals surface area contributed by atoms with E-state index in [0.717, 1.165) is 18.4 Å². The molecule has 1 unspecified atom stereocenters. The summed E-state index contributed by atoms with van der Waals surface area (Å²) in [5.41, 5.74) is 1.16. The lowest BCUT2D eigenvalue weighted by Crippen LogP contribution is -2.45. The number of benzene rings is 1. The van der Waals surface area contributed by atoms with E-state index < -0.39 is 0 Å². The molecule has 1 nitrogen and oxygen atoms in total. The lowest BCUT2D eigenvalue weighted by molar-refractivity contribution is 0.255. The first-order chi connectivity index (χ1) is 8.72. The molecular weight excluding hydrogens is 225 g/mol. The molecule has 0 bridgehead atoms. The van der Waals surface area contributed by atoms with Gasteiger partial charge in [0, 0.05) is 12.1 Å². The molecule has 0 heterocycles. The number of nitrogens with one attached hydrogen (secondary N) is 1. The molecule has 0 aliphatic heterocycles. The lowest BCUT2D eigenvalue weighted by atomic mass is 9.75. The first-order valence-electron chi connectivity index (χ1n) is 7.24. The minimum Gasteiger partial charge on any atom is -0.311 e. The summed E-state index contributed by atoms with van der Waals surface area (Å²) in [7, 11) is 0. The van der Waals surface area contributed by atoms with E-state index in [1.807, 2.05) is 12.1 Å². The van der Waals surface area contributed by atoms with Crippen molar-refractivity contribution in [3.05, 3.63) is 35.6 Å². The second-order valence-corrected chi connectivity index (χ2v) is 5.48. The molecule has 0 amide bonds. The van der Waals surface area contributed by atoms with E-state index in [2.05, 4.69) is 19.2 Å². The highest BCUT2D eigenvalue weighted by Gasteiger charge is 2.31. The van der Waals surface area contributed by atoms with Crippen LogP contribution >= 0.6 is 0 Å². The van der Waals surface area contributed by atoms with Crippen molar-refractivity contribution in [1.29, 1.82) is 0 Å². The number of hydrogen-bond acceptors (Lipinski definition) is 1. The third-order valence-electron chi connectivity index (χ3n) is 4.06. The lowest BCUT2D eigenvalue weighted by Gasteiger charge is -2.38. The van der Waals surface area contributed by atoms with E-state index in [1.54, 1.807) is 6.07 Å². The molecule has 1 aromatic rings. The van der Waals surface area contributed by atoms with Crippen LogP contribution in [0.2, 0.25) is 0 Å². The molecule has 100 valence electrons. The van der Waals surface area contributed by atoms with Gasteiger partial charge in [-0.05, 0) is 49.3 Å². The Morgan fingerprint density at radius 2 is 2.11 bits per heavy atom. The number of hydrogen-bond donors (Lipinski definition) is 1. The Kier molecular flexibility index (Phi) is 4.76. The zero-order valence-corrected chi connectivity index (χ0v) is 11.5. The highest BCUT2D eigenvalue weighted by molar-refractivity contribution is 5.23. The Morgan fingerprint density at radius 1 is 1.33 bits per heavy atom. The molecule has 2 heteroatoms. The van der Waals surface area contributed by atoms with E-state index in [1.165, 1.54) is 25.3 Å². The van der Waals surface area contributed by atoms with Crippen LogP contribution in [0.5, 0.6) is 0 Å². The van der Waals surface area contributed by atoms with Crippen LogP contribution in [-0.2, 0) is 0 Å². The van der Waals surface area contributed by atoms with Crippen LogP contribution in [0.1, 0.15) is 57.4 Å². The Balaban J connectivity index is 1.80. The molecule has 1 saturated carbocycles. The molecule has 0 aromatic heterocycles. The van der Waals surface area contributed by atoms with Gasteiger partial charge in [0.2, 0.25) is 0 Å². The Bertz CT molecular complexity index is 371. The monoisotopic (exact) mass is 249 g/mol. The molecule has 1 fully saturated rings. The van der Waals surface area contributed by atoms with E-state index in [0.29, 0.717) is 18.0 Å². The summed E-state index contributed by atoms with van der Waals surface area (Å²) >= 11 is 0. The standard InChI is InChI=1S/C16H24FN/c1-3-6-15(4-2)18-16-10-13(11-16)12-7-5-8-14(17)9-12/h5,7-9,13,15-16,18H,3-4,6,10-11H2,1-2H3. The maximum atomic E-state index is 13.1. The smallest absolute Gasteiger partial charge is 0.123 e. The SMILES string of the molecule is CCCC(CC)NC1CC(c2cccc(F)c2)C1. The van der Waals surface area contributed by atoms with Crippen molar-refractivity contribution >= 4 is 0 Å². The first kappa shape index (κ1) is 13.5. The summed E-state index contributed by atoms with van der Waals surface area (Å²) < 4.78 is 13.1. The summed E-state index contributed by atoms with van der Waals surface area (Å²) in [4.78, 5) is 0. The second-order valence-electron chi connectivity index (χ2n) is 5.48. The van der Waals surface area contributed by atoms with Crippen LogP contribution in [0.15, 0.2) is 24.3 Å². The van der Waals surface area contributed by atoms with Gasteiger partial charge in [0.05, 0.1) is 0 Å². The van der Waals surface area contributed by atoms with Crippen molar-refractivity contribution < 1.29 is 4.39 Å². The molecule has 1 aliphatic rings. The number of halogens is 1. The van der Waals surface area contributed by atoms with E-state index in [9.17, 15) is 4.39 Å². The molecule has 2 rings (SSSR count). The maximum absolute atomic E-state index is 13.1. The molecule has 0 radical (unpaired) electrons. The van der Waals surface area contributed by atoms with Crippen LogP contribution < -0.4 is 5.32 Å². The highest BCUT2D eigenvalue weighted by Crippen LogP contribution is 2.37. The van der Waals surface area contributed by atoms with E-state index >= 15 is 0 Å². The van der Waals surface area contributed by atoms with Gasteiger partial charge in [-0.2, -0.15) is 0 Å². The zero-order valence-electron chi connectivity index (χ0n) is 11.5. The van der Waals surface area contributed by atoms with Gasteiger partial charge in [0.15, 0.2) is 0 Å². The van der Waals surface area contributed by atoms with Crippen LogP contribution in [0, 0.1) is 5.82 Å². The molecule has 0 saturated heterocycles. The predicted octanol–water partition coefficient (Wildman–Crippen LogP) is 4.24. The molecular formula is C16H24FN. The minimum atomic E-state index is -0.110. The van der Waals surface area contributed by atoms with Gasteiger partial charge >= 0.3 is 0 Å². The van der Waals surface area contributed by atoms with Crippen LogP contribution in [-0.4, -0.2) is 12.1 Å². The molecule has 1 aromatic carbocycles. The molecule has 18 heavy (non-hydrogen) atoms. The van der Waals surface area contributed by atoms with Gasteiger partial charge in [0.25, 0.3) is 0 Å². The van der Waals surface area contributed by atoms with E-state index in [4.69, 9.17) is 0 Å². The second kappa shape index (κ2) is 6.33. The van der Waals surface area contributed by atoms with Gasteiger partial charge in [-0.1, -0.05) is 32.4 Å². The van der Waals surface area contributed by atoms with Gasteiger partial charge in [-0.15, -0.1) is 0 Å². The minimum absolute atomic E-state index is 0.110. The summed E-state index contributed by atoms with van der Waals surface area (Å²) in [5.74, 6) is 0.443. The Morgan fingerprint density at radius 3 is 2.72 bits per heavy atom. The van der Waals surface area contributed by atoms with Gasteiger partial charge in [-0.3, -0.25) is 0 Å². The maximum Gasteiger partial charge on any atom is 0.123 e. The summed E-state index contributed by atoms with van der Waals surface area (Å²) in [6, 6.07) is 8.37. The molecule has 1 N–H and O–H groups in total. The zero-order chi connectivity index (χ0) is 13.0. The fourth-order valence-corrected chi connectivity index (χ4v) is 2.87. The average molecular weight is 249 g/mol. The van der Waals surface area contributed by atoms with Crippen LogP contribution in [0.25, 0.3) is 0 Å². The van der Waals surface area contributed by atoms with Crippen molar-refractivity contribution in [1.82, 2.24) is 5.32 Å². The molecule has 1 atom stereocenters. The summed E-state index contributed by atoms with van der Waals surface area (Å²) in [5, 5.41) is 3.72. The fourth-order valence-electron chi connectivity index (χ4n) is 2.87. The molecule has 1 aliphatic carbocycles. The number of rotatable bonds is 6. The Labute approximate surface area is 110 Å². The summed E-state index contributed by atoms with van der Waals surface area (Å²) in [6.07, 6.45) is 6.02. The van der Waals surface area contributed by atoms with Crippen LogP contribution in [0.3, 0.4) is 0 Å². The van der Waals surface area contributed by atoms with Gasteiger partial charge in [0.1, 0.15) is 5.82 Å². The first-order valence-corrected chi connectivity index (χ1v) is 7.24. The summed E-state index contributed by atoms with van der Waals surface area (Å²) in [6.45, 7) is 4.48. The van der Waals surface area contributed by atoms with Crippen LogP contribution in [0.4, 0.5) is 4.39 Å². The van der Waals surface area contributed by atoms with Crippen molar-refractivity contribution in [3.8, 4) is 0 Å². The quantitative estimate of drug-likeness (QED) is 0.795. The van der Waals surface area contributed by atoms with E-state index in [-0.39, 0.29) is 5.82 Å². The van der Waals surface area contributed by atoms with Crippen molar-refractivity contribution in [2.45, 2.75) is 64.0 Å². The predicted molar refractivity (Wildman–Crippen MR) is 74.3 cm³/mol. The highest BCUT2D eigenvalue weighted by atomic mass is 19.1. The normalized spacial score (nSPS) is 24.6. The van der Waals surface area contributed by atoms with Crippen molar-refractivity contribution in [2.24, 2.45) is 0 Å². The van der Waals surface area contributed by atoms with Crippen molar-refractivity contribution in [3.63, 3.8) is 0 Å². The Hall–Kier alpha value is -0.890. The van der Waals surface area contributed by atoms with Crippen molar-refractivity contribution in [2.75, 3.05) is 0 Å².